The second-order valence-electron chi connectivity index (χ2n) is 7.40. The average molecular weight is 378 g/mol. The molecule has 3 N–H and O–H groups in total. The Balaban J connectivity index is 1.76. The van der Waals surface area contributed by atoms with Crippen molar-refractivity contribution in [2.45, 2.75) is 45.8 Å². The molecule has 1 aromatic heterocycles. The van der Waals surface area contributed by atoms with Crippen LogP contribution >= 0.6 is 0 Å². The number of rotatable bonds is 9. The molecule has 0 amide bonds. The van der Waals surface area contributed by atoms with Gasteiger partial charge in [0.05, 0.1) is 19.3 Å². The summed E-state index contributed by atoms with van der Waals surface area (Å²) in [5, 5.41) is 16.8. The predicted molar refractivity (Wildman–Crippen MR) is 110 cm³/mol. The van der Waals surface area contributed by atoms with Gasteiger partial charge in [-0.2, -0.15) is 0 Å². The summed E-state index contributed by atoms with van der Waals surface area (Å²) in [6.07, 6.45) is 3.32. The van der Waals surface area contributed by atoms with Gasteiger partial charge in [-0.15, -0.1) is 0 Å². The normalized spacial score (nSPS) is 17.2. The minimum absolute atomic E-state index is 0.323. The first-order valence-electron chi connectivity index (χ1n) is 10.0. The molecule has 2 rings (SSSR count). The lowest BCUT2D eigenvalue weighted by Crippen LogP contribution is -2.49. The van der Waals surface area contributed by atoms with Crippen molar-refractivity contribution in [3.63, 3.8) is 0 Å². The minimum Gasteiger partial charge on any atom is -0.389 e. The number of ether oxygens (including phenoxy) is 1. The van der Waals surface area contributed by atoms with E-state index >= 15 is 0 Å². The summed E-state index contributed by atoms with van der Waals surface area (Å²) in [5.41, 5.74) is 0. The van der Waals surface area contributed by atoms with E-state index in [-0.39, 0.29) is 0 Å². The molecule has 1 aliphatic heterocycles. The van der Waals surface area contributed by atoms with Crippen LogP contribution in [-0.4, -0.2) is 67.6 Å². The van der Waals surface area contributed by atoms with Crippen molar-refractivity contribution in [3.05, 3.63) is 24.4 Å². The molecule has 0 saturated carbocycles. The molecule has 1 atom stereocenters. The number of nitrogens with one attached hydrogen (secondary N) is 2. The maximum atomic E-state index is 10.0. The fraction of sp³-hybridized carbons (Fsp3) is 0.700. The third kappa shape index (κ3) is 8.13. The van der Waals surface area contributed by atoms with Crippen LogP contribution in [0, 0.1) is 5.92 Å². The van der Waals surface area contributed by atoms with E-state index in [0.29, 0.717) is 31.7 Å². The number of piperidine rings is 1. The summed E-state index contributed by atoms with van der Waals surface area (Å²) < 4.78 is 5.48. The molecule has 2 heterocycles. The van der Waals surface area contributed by atoms with Gasteiger partial charge in [-0.25, -0.2) is 4.98 Å². The Morgan fingerprint density at radius 1 is 1.33 bits per heavy atom. The number of aromatic nitrogens is 1. The van der Waals surface area contributed by atoms with Gasteiger partial charge in [0.2, 0.25) is 0 Å². The van der Waals surface area contributed by atoms with Crippen LogP contribution in [0.15, 0.2) is 29.4 Å². The van der Waals surface area contributed by atoms with Crippen LogP contribution in [0.25, 0.3) is 0 Å². The Labute approximate surface area is 163 Å². The first-order valence-corrected chi connectivity index (χ1v) is 10.0. The topological polar surface area (TPSA) is 82.0 Å². The fourth-order valence-corrected chi connectivity index (χ4v) is 3.00. The summed E-state index contributed by atoms with van der Waals surface area (Å²) in [6.45, 7) is 10.3. The molecule has 7 heteroatoms. The highest BCUT2D eigenvalue weighted by Crippen LogP contribution is 2.17. The Morgan fingerprint density at radius 2 is 2.11 bits per heavy atom. The van der Waals surface area contributed by atoms with E-state index in [1.165, 1.54) is 0 Å². The molecule has 7 nitrogen and oxygen atoms in total. The summed E-state index contributed by atoms with van der Waals surface area (Å²) in [6, 6.07) is 6.40. The van der Waals surface area contributed by atoms with Gasteiger partial charge in [-0.1, -0.05) is 19.9 Å². The van der Waals surface area contributed by atoms with Crippen molar-refractivity contribution in [2.75, 3.05) is 44.3 Å². The van der Waals surface area contributed by atoms with E-state index in [4.69, 9.17) is 4.74 Å². The second kappa shape index (κ2) is 11.8. The number of hydrogen-bond acceptors (Lipinski definition) is 5. The highest BCUT2D eigenvalue weighted by atomic mass is 16.5. The van der Waals surface area contributed by atoms with Gasteiger partial charge in [0, 0.05) is 38.5 Å². The summed E-state index contributed by atoms with van der Waals surface area (Å²) in [5.74, 6) is 2.27. The Bertz CT molecular complexity index is 545. The van der Waals surface area contributed by atoms with Crippen LogP contribution in [-0.2, 0) is 4.74 Å². The quantitative estimate of drug-likeness (QED) is 0.448. The largest absolute Gasteiger partial charge is 0.389 e. The molecule has 0 spiro atoms. The number of nitrogens with zero attached hydrogens (tertiary/aromatic N) is 3. The minimum atomic E-state index is -0.579. The third-order valence-corrected chi connectivity index (χ3v) is 4.37. The highest BCUT2D eigenvalue weighted by molar-refractivity contribution is 5.80. The molecule has 1 unspecified atom stereocenters. The number of aliphatic hydroxyl groups is 1. The molecule has 27 heavy (non-hydrogen) atoms. The molecule has 1 aliphatic rings. The van der Waals surface area contributed by atoms with Crippen LogP contribution in [0.5, 0.6) is 0 Å². The van der Waals surface area contributed by atoms with Gasteiger partial charge in [0.25, 0.3) is 0 Å². The van der Waals surface area contributed by atoms with Crippen LogP contribution in [0.1, 0.15) is 33.6 Å². The maximum absolute atomic E-state index is 10.0. The summed E-state index contributed by atoms with van der Waals surface area (Å²) in [4.78, 5) is 11.3. The van der Waals surface area contributed by atoms with Crippen molar-refractivity contribution in [2.24, 2.45) is 10.9 Å². The molecule has 152 valence electrons. The van der Waals surface area contributed by atoms with Crippen molar-refractivity contribution in [1.29, 1.82) is 0 Å². The van der Waals surface area contributed by atoms with E-state index in [1.807, 2.05) is 25.3 Å². The van der Waals surface area contributed by atoms with Crippen LogP contribution in [0.3, 0.4) is 0 Å². The summed E-state index contributed by atoms with van der Waals surface area (Å²) in [7, 11) is 0. The fourth-order valence-electron chi connectivity index (χ4n) is 3.00. The molecule has 0 bridgehead atoms. The van der Waals surface area contributed by atoms with Crippen LogP contribution in [0.4, 0.5) is 5.82 Å². The number of anilines is 1. The van der Waals surface area contributed by atoms with Gasteiger partial charge >= 0.3 is 0 Å². The Morgan fingerprint density at radius 3 is 2.74 bits per heavy atom. The molecule has 1 fully saturated rings. The van der Waals surface area contributed by atoms with Gasteiger partial charge in [-0.05, 0) is 37.8 Å². The number of guanidine groups is 1. The lowest BCUT2D eigenvalue weighted by molar-refractivity contribution is 0.0301. The van der Waals surface area contributed by atoms with Gasteiger partial charge in [-0.3, -0.25) is 4.99 Å². The number of pyridine rings is 1. The first kappa shape index (κ1) is 21.4. The van der Waals surface area contributed by atoms with Crippen LogP contribution in [0.2, 0.25) is 0 Å². The van der Waals surface area contributed by atoms with Gasteiger partial charge in [0.1, 0.15) is 5.82 Å². The molecule has 1 saturated heterocycles. The predicted octanol–water partition coefficient (Wildman–Crippen LogP) is 1.64. The number of aliphatic imine (C=N–C) groups is 1. The zero-order valence-electron chi connectivity index (χ0n) is 16.9. The highest BCUT2D eigenvalue weighted by Gasteiger charge is 2.20. The Kier molecular flexibility index (Phi) is 9.35. The van der Waals surface area contributed by atoms with E-state index < -0.39 is 6.10 Å². The van der Waals surface area contributed by atoms with Gasteiger partial charge < -0.3 is 25.4 Å². The van der Waals surface area contributed by atoms with Crippen molar-refractivity contribution in [1.82, 2.24) is 15.6 Å². The smallest absolute Gasteiger partial charge is 0.191 e. The molecule has 1 aromatic rings. The molecule has 0 radical (unpaired) electrons. The number of aliphatic hydroxyl groups excluding tert-OH is 1. The molecular formula is C20H35N5O2. The van der Waals surface area contributed by atoms with E-state index in [2.05, 4.69) is 45.4 Å². The molecule has 0 aliphatic carbocycles. The molecular weight excluding hydrogens is 342 g/mol. The van der Waals surface area contributed by atoms with Crippen molar-refractivity contribution < 1.29 is 9.84 Å². The van der Waals surface area contributed by atoms with Gasteiger partial charge in [0.15, 0.2) is 5.96 Å². The first-order chi connectivity index (χ1) is 13.1. The zero-order valence-corrected chi connectivity index (χ0v) is 16.9. The summed E-state index contributed by atoms with van der Waals surface area (Å²) >= 11 is 0. The number of hydrogen-bond donors (Lipinski definition) is 3. The monoisotopic (exact) mass is 377 g/mol. The van der Waals surface area contributed by atoms with Crippen molar-refractivity contribution >= 4 is 11.8 Å². The standard InChI is InChI=1S/C20H35N5O2/c1-4-21-20(23-13-18(26)15-27-14-16(2)3)24-17-8-11-25(12-9-17)19-7-5-6-10-22-19/h5-7,10,16-18,26H,4,8-9,11-15H2,1-3H3,(H2,21,23,24). The Hall–Kier alpha value is -1.86. The van der Waals surface area contributed by atoms with Crippen molar-refractivity contribution in [3.8, 4) is 0 Å². The third-order valence-electron chi connectivity index (χ3n) is 4.37. The maximum Gasteiger partial charge on any atom is 0.191 e. The van der Waals surface area contributed by atoms with E-state index in [9.17, 15) is 5.11 Å². The zero-order chi connectivity index (χ0) is 19.5. The lowest BCUT2D eigenvalue weighted by Gasteiger charge is -2.33. The van der Waals surface area contributed by atoms with Crippen LogP contribution < -0.4 is 15.5 Å². The van der Waals surface area contributed by atoms with E-state index in [1.54, 1.807) is 0 Å². The molecule has 0 aromatic carbocycles. The SMILES string of the molecule is CCNC(=NCC(O)COCC(C)C)NC1CCN(c2ccccn2)CC1. The lowest BCUT2D eigenvalue weighted by atomic mass is 10.1. The van der Waals surface area contributed by atoms with E-state index in [0.717, 1.165) is 44.3 Å². The second-order valence-corrected chi connectivity index (χ2v) is 7.40. The average Bonchev–Trinajstić information content (AvgIpc) is 2.67.